The minimum atomic E-state index is -0.633. The van der Waals surface area contributed by atoms with Crippen LogP contribution >= 0.6 is 0 Å². The van der Waals surface area contributed by atoms with E-state index >= 15 is 0 Å². The summed E-state index contributed by atoms with van der Waals surface area (Å²) in [5, 5.41) is 8.95. The Morgan fingerprint density at radius 2 is 2.00 bits per heavy atom. The number of nitrogens with zero attached hydrogens (tertiary/aromatic N) is 1. The SMILES string of the molecule is CC1CN(C2(CC(=O)O)CCCC2)C1. The van der Waals surface area contributed by atoms with Crippen molar-refractivity contribution in [1.82, 2.24) is 4.90 Å². The van der Waals surface area contributed by atoms with Crippen LogP contribution in [0, 0.1) is 5.92 Å². The highest BCUT2D eigenvalue weighted by Crippen LogP contribution is 2.41. The van der Waals surface area contributed by atoms with Gasteiger partial charge in [0.1, 0.15) is 0 Å². The van der Waals surface area contributed by atoms with E-state index in [0.717, 1.165) is 31.8 Å². The van der Waals surface area contributed by atoms with Crippen molar-refractivity contribution in [3.63, 3.8) is 0 Å². The summed E-state index contributed by atoms with van der Waals surface area (Å²) in [6.45, 7) is 4.44. The van der Waals surface area contributed by atoms with Crippen LogP contribution in [0.3, 0.4) is 0 Å². The molecule has 0 unspecified atom stereocenters. The number of carboxylic acids is 1. The van der Waals surface area contributed by atoms with Gasteiger partial charge in [0.05, 0.1) is 6.42 Å². The molecule has 14 heavy (non-hydrogen) atoms. The van der Waals surface area contributed by atoms with Crippen molar-refractivity contribution in [2.24, 2.45) is 5.92 Å². The maximum atomic E-state index is 10.9. The molecule has 2 fully saturated rings. The first-order valence-corrected chi connectivity index (χ1v) is 5.59. The lowest BCUT2D eigenvalue weighted by atomic mass is 9.85. The fourth-order valence-electron chi connectivity index (χ4n) is 3.01. The Balaban J connectivity index is 2.02. The van der Waals surface area contributed by atoms with Crippen LogP contribution in [0.2, 0.25) is 0 Å². The highest BCUT2D eigenvalue weighted by molar-refractivity contribution is 5.68. The second kappa shape index (κ2) is 3.54. The molecule has 1 saturated carbocycles. The van der Waals surface area contributed by atoms with Gasteiger partial charge < -0.3 is 5.11 Å². The number of likely N-dealkylation sites (tertiary alicyclic amines) is 1. The standard InChI is InChI=1S/C11H19NO2/c1-9-7-12(8-9)11(6-10(13)14)4-2-3-5-11/h9H,2-8H2,1H3,(H,13,14). The van der Waals surface area contributed by atoms with E-state index in [1.165, 1.54) is 12.8 Å². The van der Waals surface area contributed by atoms with Crippen molar-refractivity contribution in [3.05, 3.63) is 0 Å². The molecule has 0 bridgehead atoms. The monoisotopic (exact) mass is 197 g/mol. The van der Waals surface area contributed by atoms with Crippen molar-refractivity contribution in [2.75, 3.05) is 13.1 Å². The van der Waals surface area contributed by atoms with Crippen molar-refractivity contribution in [1.29, 1.82) is 0 Å². The van der Waals surface area contributed by atoms with E-state index in [1.54, 1.807) is 0 Å². The smallest absolute Gasteiger partial charge is 0.305 e. The molecule has 0 aromatic carbocycles. The summed E-state index contributed by atoms with van der Waals surface area (Å²) >= 11 is 0. The Bertz CT molecular complexity index is 227. The molecule has 3 nitrogen and oxygen atoms in total. The minimum Gasteiger partial charge on any atom is -0.481 e. The van der Waals surface area contributed by atoms with E-state index in [9.17, 15) is 4.79 Å². The van der Waals surface area contributed by atoms with Crippen molar-refractivity contribution >= 4 is 5.97 Å². The van der Waals surface area contributed by atoms with Crippen molar-refractivity contribution < 1.29 is 9.90 Å². The zero-order valence-electron chi connectivity index (χ0n) is 8.83. The van der Waals surface area contributed by atoms with Crippen molar-refractivity contribution in [2.45, 2.75) is 44.6 Å². The van der Waals surface area contributed by atoms with Gasteiger partial charge in [-0.05, 0) is 18.8 Å². The normalized spacial score (nSPS) is 27.5. The Morgan fingerprint density at radius 3 is 2.43 bits per heavy atom. The highest BCUT2D eigenvalue weighted by Gasteiger charge is 2.45. The first-order chi connectivity index (χ1) is 6.62. The molecule has 0 spiro atoms. The van der Waals surface area contributed by atoms with Crippen LogP contribution in [0.4, 0.5) is 0 Å². The van der Waals surface area contributed by atoms with Crippen LogP contribution in [0.15, 0.2) is 0 Å². The van der Waals surface area contributed by atoms with E-state index in [4.69, 9.17) is 5.11 Å². The van der Waals surface area contributed by atoms with Crippen LogP contribution < -0.4 is 0 Å². The third-order valence-corrected chi connectivity index (χ3v) is 3.75. The van der Waals surface area contributed by atoms with E-state index in [1.807, 2.05) is 0 Å². The molecule has 2 rings (SSSR count). The van der Waals surface area contributed by atoms with Gasteiger partial charge in [0.15, 0.2) is 0 Å². The van der Waals surface area contributed by atoms with Crippen LogP contribution in [0.1, 0.15) is 39.0 Å². The van der Waals surface area contributed by atoms with Gasteiger partial charge in [-0.1, -0.05) is 19.8 Å². The maximum Gasteiger partial charge on any atom is 0.305 e. The fraction of sp³-hybridized carbons (Fsp3) is 0.909. The molecule has 0 amide bonds. The van der Waals surface area contributed by atoms with E-state index in [0.29, 0.717) is 6.42 Å². The van der Waals surface area contributed by atoms with Crippen LogP contribution in [-0.4, -0.2) is 34.6 Å². The number of rotatable bonds is 3. The number of hydrogen-bond acceptors (Lipinski definition) is 2. The van der Waals surface area contributed by atoms with Crippen molar-refractivity contribution in [3.8, 4) is 0 Å². The molecule has 0 radical (unpaired) electrons. The molecule has 1 aliphatic carbocycles. The predicted octanol–water partition coefficient (Wildman–Crippen LogP) is 1.73. The number of carbonyl (C=O) groups is 1. The molecule has 3 heteroatoms. The number of aliphatic carboxylic acids is 1. The first kappa shape index (κ1) is 9.97. The molecule has 0 atom stereocenters. The summed E-state index contributed by atoms with van der Waals surface area (Å²) in [6.07, 6.45) is 4.94. The highest BCUT2D eigenvalue weighted by atomic mass is 16.4. The zero-order chi connectivity index (χ0) is 10.2. The quantitative estimate of drug-likeness (QED) is 0.749. The van der Waals surface area contributed by atoms with E-state index in [2.05, 4.69) is 11.8 Å². The van der Waals surface area contributed by atoms with E-state index in [-0.39, 0.29) is 5.54 Å². The van der Waals surface area contributed by atoms with Gasteiger partial charge in [0.25, 0.3) is 0 Å². The summed E-state index contributed by atoms with van der Waals surface area (Å²) in [6, 6.07) is 0. The molecule has 1 aliphatic heterocycles. The number of carboxylic acid groups (broad SMARTS) is 1. The molecule has 1 N–H and O–H groups in total. The van der Waals surface area contributed by atoms with Gasteiger partial charge in [0.2, 0.25) is 0 Å². The maximum absolute atomic E-state index is 10.9. The molecule has 0 aromatic rings. The van der Waals surface area contributed by atoms with Crippen LogP contribution in [-0.2, 0) is 4.79 Å². The fourth-order valence-corrected chi connectivity index (χ4v) is 3.01. The number of hydrogen-bond donors (Lipinski definition) is 1. The molecular formula is C11H19NO2. The predicted molar refractivity (Wildman–Crippen MR) is 54.2 cm³/mol. The minimum absolute atomic E-state index is 0.0261. The largest absolute Gasteiger partial charge is 0.481 e. The van der Waals surface area contributed by atoms with Gasteiger partial charge in [-0.15, -0.1) is 0 Å². The summed E-state index contributed by atoms with van der Waals surface area (Å²) in [7, 11) is 0. The van der Waals surface area contributed by atoms with Crippen LogP contribution in [0.5, 0.6) is 0 Å². The first-order valence-electron chi connectivity index (χ1n) is 5.59. The van der Waals surface area contributed by atoms with E-state index < -0.39 is 5.97 Å². The summed E-state index contributed by atoms with van der Waals surface area (Å²) in [5.41, 5.74) is 0.0261. The Hall–Kier alpha value is -0.570. The molecule has 1 saturated heterocycles. The topological polar surface area (TPSA) is 40.5 Å². The van der Waals surface area contributed by atoms with Gasteiger partial charge in [-0.3, -0.25) is 9.69 Å². The average Bonchev–Trinajstić information content (AvgIpc) is 2.47. The molecule has 80 valence electrons. The van der Waals surface area contributed by atoms with Gasteiger partial charge in [0, 0.05) is 18.6 Å². The summed E-state index contributed by atoms with van der Waals surface area (Å²) in [4.78, 5) is 13.3. The lowest BCUT2D eigenvalue weighted by Gasteiger charge is -2.49. The zero-order valence-corrected chi connectivity index (χ0v) is 8.83. The summed E-state index contributed by atoms with van der Waals surface area (Å²) < 4.78 is 0. The Labute approximate surface area is 85.1 Å². The molecule has 1 heterocycles. The second-order valence-electron chi connectivity index (χ2n) is 5.01. The molecular weight excluding hydrogens is 178 g/mol. The van der Waals surface area contributed by atoms with Gasteiger partial charge in [-0.25, -0.2) is 0 Å². The third kappa shape index (κ3) is 1.65. The molecule has 2 aliphatic rings. The Kier molecular flexibility index (Phi) is 2.52. The average molecular weight is 197 g/mol. The lowest BCUT2D eigenvalue weighted by Crippen LogP contribution is -2.58. The van der Waals surface area contributed by atoms with Crippen LogP contribution in [0.25, 0.3) is 0 Å². The second-order valence-corrected chi connectivity index (χ2v) is 5.01. The van der Waals surface area contributed by atoms with Gasteiger partial charge >= 0.3 is 5.97 Å². The molecule has 0 aromatic heterocycles. The van der Waals surface area contributed by atoms with Gasteiger partial charge in [-0.2, -0.15) is 0 Å². The Morgan fingerprint density at radius 1 is 1.43 bits per heavy atom. The third-order valence-electron chi connectivity index (χ3n) is 3.75. The summed E-state index contributed by atoms with van der Waals surface area (Å²) in [5.74, 6) is 0.132. The lowest BCUT2D eigenvalue weighted by molar-refractivity contribution is -0.142.